The van der Waals surface area contributed by atoms with Crippen LogP contribution in [0.5, 0.6) is 0 Å². The molecular weight excluding hydrogens is 654 g/mol. The van der Waals surface area contributed by atoms with Gasteiger partial charge in [-0.05, 0) is 77.3 Å². The molecule has 50 heavy (non-hydrogen) atoms. The number of carbonyl (C=O) groups excluding carboxylic acids is 7. The van der Waals surface area contributed by atoms with Crippen molar-refractivity contribution in [3.05, 3.63) is 0 Å². The number of carboxylic acid groups (broad SMARTS) is 1. The normalized spacial score (nSPS) is 17.7. The Morgan fingerprint density at radius 1 is 0.720 bits per heavy atom. The molecule has 12 N–H and O–H groups in total. The van der Waals surface area contributed by atoms with E-state index in [1.54, 1.807) is 13.8 Å². The maximum absolute atomic E-state index is 13.1. The molecule has 0 aromatic heterocycles. The van der Waals surface area contributed by atoms with Crippen LogP contribution in [0.25, 0.3) is 0 Å². The quantitative estimate of drug-likeness (QED) is 0.0523. The lowest BCUT2D eigenvalue weighted by Crippen LogP contribution is -2.60. The molecule has 0 saturated carbocycles. The second kappa shape index (κ2) is 21.7. The number of aliphatic carboxylic acids is 1. The van der Waals surface area contributed by atoms with E-state index in [0.29, 0.717) is 38.8 Å². The Morgan fingerprint density at radius 3 is 1.76 bits per heavy atom. The Kier molecular flexibility index (Phi) is 19.0. The number of nitrogens with two attached hydrogens (primary N) is 2. The van der Waals surface area contributed by atoms with Crippen molar-refractivity contribution < 1.29 is 43.5 Å². The van der Waals surface area contributed by atoms with Crippen LogP contribution in [0.1, 0.15) is 86.5 Å². The van der Waals surface area contributed by atoms with Crippen LogP contribution in [0.2, 0.25) is 0 Å². The molecule has 18 heteroatoms. The first kappa shape index (κ1) is 43.7. The van der Waals surface area contributed by atoms with Crippen LogP contribution < -0.4 is 48.7 Å². The molecule has 0 aliphatic carbocycles. The fourth-order valence-electron chi connectivity index (χ4n) is 5.17. The minimum atomic E-state index is -1.52. The van der Waals surface area contributed by atoms with E-state index < -0.39 is 96.0 Å². The molecule has 1 fully saturated rings. The van der Waals surface area contributed by atoms with Crippen LogP contribution in [-0.2, 0) is 38.4 Å². The Hall–Kier alpha value is -4.32. The zero-order valence-corrected chi connectivity index (χ0v) is 29.9. The third kappa shape index (κ3) is 15.5. The van der Waals surface area contributed by atoms with Crippen LogP contribution in [0.15, 0.2) is 0 Å². The van der Waals surface area contributed by atoms with Gasteiger partial charge in [-0.2, -0.15) is 0 Å². The van der Waals surface area contributed by atoms with E-state index in [2.05, 4.69) is 37.2 Å². The topological polar surface area (TPSA) is 293 Å². The van der Waals surface area contributed by atoms with E-state index in [0.717, 1.165) is 6.42 Å². The molecule has 7 amide bonds. The molecular formula is C32H57N9O9. The molecule has 284 valence electrons. The lowest BCUT2D eigenvalue weighted by atomic mass is 10.0. The van der Waals surface area contributed by atoms with Gasteiger partial charge in [0.2, 0.25) is 41.4 Å². The zero-order chi connectivity index (χ0) is 38.1. The van der Waals surface area contributed by atoms with Crippen LogP contribution in [-0.4, -0.2) is 108 Å². The van der Waals surface area contributed by atoms with Crippen LogP contribution in [0.4, 0.5) is 0 Å². The van der Waals surface area contributed by atoms with Crippen molar-refractivity contribution in [1.82, 2.24) is 37.2 Å². The van der Waals surface area contributed by atoms with Gasteiger partial charge in [0, 0.05) is 0 Å². The molecule has 18 nitrogen and oxygen atoms in total. The number of carboxylic acids is 1. The Labute approximate surface area is 293 Å². The zero-order valence-electron chi connectivity index (χ0n) is 29.9. The number of amides is 7. The predicted molar refractivity (Wildman–Crippen MR) is 183 cm³/mol. The SMILES string of the molecule is CC(C)C[C@H](NC(=O)[C@@H]1CCCN1)C(=O)N[C@@H](C)C(=O)N[C@@H](CC(N)=O)C(=O)N[C@@H](C)C(=O)N[C@H](C(=O)N[C@@H](CCCCN)C(=O)O)C(C)C. The first-order valence-electron chi connectivity index (χ1n) is 17.1. The summed E-state index contributed by atoms with van der Waals surface area (Å²) in [4.78, 5) is 101. The summed E-state index contributed by atoms with van der Waals surface area (Å²) in [5.74, 6) is -6.83. The number of rotatable bonds is 22. The molecule has 0 aromatic rings. The van der Waals surface area contributed by atoms with E-state index in [1.165, 1.54) is 13.8 Å². The molecule has 7 atom stereocenters. The maximum atomic E-state index is 13.1. The summed E-state index contributed by atoms with van der Waals surface area (Å²) in [7, 11) is 0. The van der Waals surface area contributed by atoms with Crippen molar-refractivity contribution in [1.29, 1.82) is 0 Å². The lowest BCUT2D eigenvalue weighted by Gasteiger charge is -2.27. The fraction of sp³-hybridized carbons (Fsp3) is 0.750. The molecule has 0 bridgehead atoms. The van der Waals surface area contributed by atoms with Crippen LogP contribution >= 0.6 is 0 Å². The second-order valence-corrected chi connectivity index (χ2v) is 13.4. The second-order valence-electron chi connectivity index (χ2n) is 13.4. The van der Waals surface area contributed by atoms with Gasteiger partial charge in [-0.1, -0.05) is 27.7 Å². The van der Waals surface area contributed by atoms with Crippen LogP contribution in [0, 0.1) is 11.8 Å². The van der Waals surface area contributed by atoms with Crippen molar-refractivity contribution in [2.45, 2.75) is 129 Å². The smallest absolute Gasteiger partial charge is 0.326 e. The summed E-state index contributed by atoms with van der Waals surface area (Å²) in [5.41, 5.74) is 10.8. The fourth-order valence-corrected chi connectivity index (χ4v) is 5.17. The third-order valence-electron chi connectivity index (χ3n) is 8.07. The average Bonchev–Trinajstić information content (AvgIpc) is 3.57. The lowest BCUT2D eigenvalue weighted by molar-refractivity contribution is -0.142. The van der Waals surface area contributed by atoms with Gasteiger partial charge in [0.25, 0.3) is 0 Å². The Balaban J connectivity index is 2.90. The van der Waals surface area contributed by atoms with E-state index in [1.807, 2.05) is 13.8 Å². The summed E-state index contributed by atoms with van der Waals surface area (Å²) >= 11 is 0. The molecule has 1 aliphatic heterocycles. The van der Waals surface area contributed by atoms with E-state index in [-0.39, 0.29) is 18.2 Å². The number of primary amides is 1. The van der Waals surface area contributed by atoms with Gasteiger partial charge in [0.15, 0.2) is 0 Å². The van der Waals surface area contributed by atoms with Gasteiger partial charge in [-0.15, -0.1) is 0 Å². The standard InChI is InChI=1S/C32H57N9O9/c1-16(2)14-22(40-28(45)20-11-9-13-35-20)29(46)36-18(5)26(43)39-23(15-24(34)42)30(47)37-19(6)27(44)41-25(17(3)4)31(48)38-21(32(49)50)10-7-8-12-33/h16-23,25,35H,7-15,33H2,1-6H3,(H2,34,42)(H,36,46)(H,37,47)(H,38,48)(H,39,43)(H,40,45)(H,41,44)(H,49,50)/t18-,19-,20-,21-,22-,23-,25-/m0/s1. The number of unbranched alkanes of at least 4 members (excludes halogenated alkanes) is 1. The van der Waals surface area contributed by atoms with E-state index in [9.17, 15) is 43.5 Å². The molecule has 1 rings (SSSR count). The number of hydrogen-bond acceptors (Lipinski definition) is 10. The number of nitrogens with one attached hydrogen (secondary N) is 7. The molecule has 0 radical (unpaired) electrons. The predicted octanol–water partition coefficient (Wildman–Crippen LogP) is -2.52. The van der Waals surface area contributed by atoms with Gasteiger partial charge in [-0.25, -0.2) is 4.79 Å². The molecule has 0 spiro atoms. The number of carbonyl (C=O) groups is 8. The van der Waals surface area contributed by atoms with E-state index in [4.69, 9.17) is 11.5 Å². The molecule has 1 heterocycles. The Morgan fingerprint density at radius 2 is 1.28 bits per heavy atom. The largest absolute Gasteiger partial charge is 0.480 e. The molecule has 1 aliphatic rings. The maximum Gasteiger partial charge on any atom is 0.326 e. The minimum Gasteiger partial charge on any atom is -0.480 e. The number of hydrogen-bond donors (Lipinski definition) is 10. The van der Waals surface area contributed by atoms with Gasteiger partial charge in [-0.3, -0.25) is 33.6 Å². The molecule has 0 aromatic carbocycles. The van der Waals surface area contributed by atoms with Crippen molar-refractivity contribution >= 4 is 47.3 Å². The molecule has 1 saturated heterocycles. The highest BCUT2D eigenvalue weighted by Crippen LogP contribution is 2.10. The van der Waals surface area contributed by atoms with Crippen molar-refractivity contribution in [2.24, 2.45) is 23.3 Å². The van der Waals surface area contributed by atoms with Crippen LogP contribution in [0.3, 0.4) is 0 Å². The average molecular weight is 712 g/mol. The summed E-state index contributed by atoms with van der Waals surface area (Å²) in [6, 6.07) is -7.67. The summed E-state index contributed by atoms with van der Waals surface area (Å²) in [6.07, 6.45) is 2.33. The minimum absolute atomic E-state index is 0.0351. The highest BCUT2D eigenvalue weighted by atomic mass is 16.4. The monoisotopic (exact) mass is 711 g/mol. The van der Waals surface area contributed by atoms with E-state index >= 15 is 0 Å². The highest BCUT2D eigenvalue weighted by Gasteiger charge is 2.33. The van der Waals surface area contributed by atoms with Gasteiger partial charge in [0.1, 0.15) is 36.3 Å². The van der Waals surface area contributed by atoms with Gasteiger partial charge >= 0.3 is 5.97 Å². The van der Waals surface area contributed by atoms with Gasteiger partial charge in [0.05, 0.1) is 12.5 Å². The Bertz CT molecular complexity index is 1210. The third-order valence-corrected chi connectivity index (χ3v) is 8.07. The van der Waals surface area contributed by atoms with Crippen molar-refractivity contribution in [3.8, 4) is 0 Å². The molecule has 0 unspecified atom stereocenters. The first-order chi connectivity index (χ1) is 23.4. The van der Waals surface area contributed by atoms with Gasteiger partial charge < -0.3 is 53.8 Å². The summed E-state index contributed by atoms with van der Waals surface area (Å²) in [5, 5.41) is 27.5. The first-order valence-corrected chi connectivity index (χ1v) is 17.1. The summed E-state index contributed by atoms with van der Waals surface area (Å²) < 4.78 is 0. The van der Waals surface area contributed by atoms with Crippen molar-refractivity contribution in [2.75, 3.05) is 13.1 Å². The highest BCUT2D eigenvalue weighted by molar-refractivity contribution is 5.98. The van der Waals surface area contributed by atoms with Crippen molar-refractivity contribution in [3.63, 3.8) is 0 Å². The summed E-state index contributed by atoms with van der Waals surface area (Å²) in [6.45, 7) is 10.8.